The number of unbranched alkanes of at least 4 members (excludes halogenated alkanes) is 8. The van der Waals surface area contributed by atoms with Crippen LogP contribution >= 0.6 is 0 Å². The number of hydrogen-bond acceptors (Lipinski definition) is 5. The van der Waals surface area contributed by atoms with Gasteiger partial charge in [0.1, 0.15) is 12.1 Å². The third-order valence-corrected chi connectivity index (χ3v) is 7.75. The molecule has 4 N–H and O–H groups in total. The van der Waals surface area contributed by atoms with Crippen LogP contribution in [0.25, 0.3) is 0 Å². The second kappa shape index (κ2) is 35.1. The van der Waals surface area contributed by atoms with Gasteiger partial charge in [-0.3, -0.25) is 9.59 Å². The van der Waals surface area contributed by atoms with Crippen LogP contribution < -0.4 is 11.1 Å². The fourth-order valence-electron chi connectivity index (χ4n) is 4.94. The molecule has 7 heteroatoms. The molecule has 0 aromatic heterocycles. The lowest BCUT2D eigenvalue weighted by molar-refractivity contribution is -0.147. The minimum atomic E-state index is -1.01. The van der Waals surface area contributed by atoms with Crippen LogP contribution in [0, 0.1) is 0 Å². The van der Waals surface area contributed by atoms with Crippen LogP contribution in [-0.2, 0) is 19.1 Å². The van der Waals surface area contributed by atoms with Crippen molar-refractivity contribution in [1.29, 1.82) is 0 Å². The minimum absolute atomic E-state index is 0.159. The van der Waals surface area contributed by atoms with Crippen molar-refractivity contribution in [3.63, 3.8) is 0 Å². The van der Waals surface area contributed by atoms with Gasteiger partial charge in [0, 0.05) is 12.8 Å². The van der Waals surface area contributed by atoms with Crippen molar-refractivity contribution in [2.75, 3.05) is 6.54 Å². The number of amides is 1. The summed E-state index contributed by atoms with van der Waals surface area (Å²) >= 11 is 0. The van der Waals surface area contributed by atoms with Crippen molar-refractivity contribution in [2.45, 2.75) is 161 Å². The molecule has 0 bridgehead atoms. The van der Waals surface area contributed by atoms with E-state index in [9.17, 15) is 19.5 Å². The van der Waals surface area contributed by atoms with Crippen LogP contribution in [0.1, 0.15) is 149 Å². The fourth-order valence-corrected chi connectivity index (χ4v) is 4.94. The first-order valence-electron chi connectivity index (χ1n) is 18.8. The molecule has 2 atom stereocenters. The average molecular weight is 669 g/mol. The summed E-state index contributed by atoms with van der Waals surface area (Å²) in [5.74, 6) is -1.39. The Bertz CT molecular complexity index is 979. The van der Waals surface area contributed by atoms with Gasteiger partial charge in [-0.1, -0.05) is 119 Å². The predicted octanol–water partition coefficient (Wildman–Crippen LogP) is 10.00. The average Bonchev–Trinajstić information content (AvgIpc) is 3.07. The van der Waals surface area contributed by atoms with E-state index in [1.54, 1.807) is 0 Å². The van der Waals surface area contributed by atoms with Crippen LogP contribution in [0.4, 0.5) is 0 Å². The molecule has 0 aliphatic carbocycles. The molecule has 48 heavy (non-hydrogen) atoms. The van der Waals surface area contributed by atoms with Gasteiger partial charge in [0.15, 0.2) is 0 Å². The molecule has 0 saturated carbocycles. The normalized spacial score (nSPS) is 13.6. The number of carbonyl (C=O) groups is 3. The summed E-state index contributed by atoms with van der Waals surface area (Å²) in [7, 11) is 0. The van der Waals surface area contributed by atoms with E-state index in [4.69, 9.17) is 10.5 Å². The zero-order valence-corrected chi connectivity index (χ0v) is 30.3. The molecule has 1 amide bonds. The number of rotatable bonds is 32. The minimum Gasteiger partial charge on any atom is -0.480 e. The van der Waals surface area contributed by atoms with Gasteiger partial charge in [0.2, 0.25) is 5.91 Å². The molecule has 0 aromatic carbocycles. The summed E-state index contributed by atoms with van der Waals surface area (Å²) < 4.78 is 5.86. The van der Waals surface area contributed by atoms with E-state index in [0.29, 0.717) is 38.6 Å². The van der Waals surface area contributed by atoms with E-state index in [1.165, 1.54) is 19.3 Å². The molecule has 0 heterocycles. The number of hydrogen-bond donors (Lipinski definition) is 3. The lowest BCUT2D eigenvalue weighted by Crippen LogP contribution is -2.40. The Labute approximate surface area is 292 Å². The number of aliphatic carboxylic acids is 1. The summed E-state index contributed by atoms with van der Waals surface area (Å²) in [6.45, 7) is 4.76. The molecule has 272 valence electrons. The summed E-state index contributed by atoms with van der Waals surface area (Å²) in [5.41, 5.74) is 5.46. The van der Waals surface area contributed by atoms with Crippen molar-refractivity contribution in [1.82, 2.24) is 5.32 Å². The number of carbonyl (C=O) groups excluding carboxylic acids is 2. The van der Waals surface area contributed by atoms with Crippen LogP contribution in [0.3, 0.4) is 0 Å². The third-order valence-electron chi connectivity index (χ3n) is 7.75. The molecule has 0 aliphatic heterocycles. The monoisotopic (exact) mass is 669 g/mol. The Morgan fingerprint density at radius 1 is 0.646 bits per heavy atom. The zero-order chi connectivity index (χ0) is 35.3. The largest absolute Gasteiger partial charge is 0.480 e. The van der Waals surface area contributed by atoms with Crippen molar-refractivity contribution in [3.8, 4) is 0 Å². The number of carboxylic acid groups (broad SMARTS) is 1. The highest BCUT2D eigenvalue weighted by atomic mass is 16.5. The maximum Gasteiger partial charge on any atom is 0.326 e. The Balaban J connectivity index is 4.46. The first-order chi connectivity index (χ1) is 23.4. The van der Waals surface area contributed by atoms with E-state index in [1.807, 2.05) is 6.08 Å². The van der Waals surface area contributed by atoms with Crippen LogP contribution in [0.5, 0.6) is 0 Å². The highest BCUT2D eigenvalue weighted by molar-refractivity contribution is 5.83. The van der Waals surface area contributed by atoms with Crippen molar-refractivity contribution in [2.24, 2.45) is 5.73 Å². The quantitative estimate of drug-likeness (QED) is 0.0373. The van der Waals surface area contributed by atoms with Crippen LogP contribution in [0.2, 0.25) is 0 Å². The number of nitrogens with one attached hydrogen (secondary N) is 1. The molecular formula is C41H68N2O5. The van der Waals surface area contributed by atoms with Gasteiger partial charge >= 0.3 is 11.9 Å². The van der Waals surface area contributed by atoms with Crippen LogP contribution in [0.15, 0.2) is 72.9 Å². The van der Waals surface area contributed by atoms with E-state index < -0.39 is 12.0 Å². The number of allylic oxidation sites excluding steroid dienone is 11. The van der Waals surface area contributed by atoms with Gasteiger partial charge < -0.3 is 20.9 Å². The molecule has 0 radical (unpaired) electrons. The number of ether oxygens (including phenoxy) is 1. The third kappa shape index (κ3) is 31.4. The number of esters is 1. The lowest BCUT2D eigenvalue weighted by Gasteiger charge is -2.14. The fraction of sp³-hybridized carbons (Fsp3) is 0.634. The molecule has 0 aromatic rings. The highest BCUT2D eigenvalue weighted by Gasteiger charge is 2.18. The summed E-state index contributed by atoms with van der Waals surface area (Å²) in [5, 5.41) is 11.9. The number of nitrogens with two attached hydrogens (primary N) is 1. The van der Waals surface area contributed by atoms with Crippen molar-refractivity contribution >= 4 is 17.8 Å². The van der Waals surface area contributed by atoms with E-state index in [-0.39, 0.29) is 18.0 Å². The van der Waals surface area contributed by atoms with Gasteiger partial charge in [-0.05, 0) is 96.1 Å². The Kier molecular flexibility index (Phi) is 32.8. The molecular weight excluding hydrogens is 600 g/mol. The lowest BCUT2D eigenvalue weighted by atomic mass is 10.0. The molecule has 2 unspecified atom stereocenters. The van der Waals surface area contributed by atoms with E-state index >= 15 is 0 Å². The maximum absolute atomic E-state index is 12.6. The zero-order valence-electron chi connectivity index (χ0n) is 30.3. The Morgan fingerprint density at radius 2 is 1.23 bits per heavy atom. The van der Waals surface area contributed by atoms with Gasteiger partial charge in [-0.25, -0.2) is 4.79 Å². The second-order valence-corrected chi connectivity index (χ2v) is 12.2. The van der Waals surface area contributed by atoms with Gasteiger partial charge in [0.25, 0.3) is 0 Å². The Morgan fingerprint density at radius 3 is 1.85 bits per heavy atom. The SMILES string of the molecule is CC/C=C\C/C=C\C/C=C\C/C=C\CCC(=O)OC(/C=C\C/C=C\CCCCC)CCCCCCCCC(=O)NC(CCCN)C(=O)O. The predicted molar refractivity (Wildman–Crippen MR) is 202 cm³/mol. The molecule has 0 rings (SSSR count). The Hall–Kier alpha value is -3.19. The molecule has 0 fully saturated rings. The smallest absolute Gasteiger partial charge is 0.326 e. The summed E-state index contributed by atoms with van der Waals surface area (Å²) in [4.78, 5) is 36.0. The standard InChI is InChI=1S/C41H68N2O5/c1-3-5-7-9-11-13-14-15-16-17-19-25-29-35-40(45)48-37(31-26-22-18-12-10-8-6-4-2)32-27-23-20-21-24-28-34-39(44)43-38(41(46)47)33-30-36-42/h5,7,11-13,15-16,18-19,25-26,31,37-38H,3-4,6,8-10,14,17,20-24,27-30,32-36,42H2,1-2H3,(H,43,44)(H,46,47)/b7-5-,13-11-,16-15-,18-12-,25-19-,31-26-. The molecule has 0 aliphatic rings. The second-order valence-electron chi connectivity index (χ2n) is 12.2. The van der Waals surface area contributed by atoms with Crippen LogP contribution in [-0.4, -0.2) is 41.6 Å². The van der Waals surface area contributed by atoms with Crippen molar-refractivity contribution in [3.05, 3.63) is 72.9 Å². The molecule has 0 spiro atoms. The topological polar surface area (TPSA) is 119 Å². The van der Waals surface area contributed by atoms with E-state index in [0.717, 1.165) is 83.5 Å². The van der Waals surface area contributed by atoms with E-state index in [2.05, 4.69) is 86.0 Å². The first-order valence-corrected chi connectivity index (χ1v) is 18.8. The molecule has 0 saturated heterocycles. The summed E-state index contributed by atoms with van der Waals surface area (Å²) in [6.07, 6.45) is 43.9. The first kappa shape index (κ1) is 44.8. The molecule has 7 nitrogen and oxygen atoms in total. The van der Waals surface area contributed by atoms with Gasteiger partial charge in [0.05, 0.1) is 0 Å². The summed E-state index contributed by atoms with van der Waals surface area (Å²) in [6, 6.07) is -0.862. The highest BCUT2D eigenvalue weighted by Crippen LogP contribution is 2.14. The van der Waals surface area contributed by atoms with Gasteiger partial charge in [-0.2, -0.15) is 0 Å². The van der Waals surface area contributed by atoms with Crippen molar-refractivity contribution < 1.29 is 24.2 Å². The van der Waals surface area contributed by atoms with Gasteiger partial charge in [-0.15, -0.1) is 0 Å². The maximum atomic E-state index is 12.6. The number of carboxylic acids is 1.